The van der Waals surface area contributed by atoms with E-state index >= 15 is 0 Å². The Balaban J connectivity index is 3.02. The molecule has 0 amide bonds. The van der Waals surface area contributed by atoms with Gasteiger partial charge in [-0.05, 0) is 44.8 Å². The third-order valence-corrected chi connectivity index (χ3v) is 5.51. The molecule has 0 aliphatic carbocycles. The van der Waals surface area contributed by atoms with Gasteiger partial charge in [-0.3, -0.25) is 0 Å². The number of likely N-dealkylation sites (N-methyl/N-ethyl adjacent to an activating group) is 2. The van der Waals surface area contributed by atoms with Crippen molar-refractivity contribution in [2.45, 2.75) is 25.3 Å². The Morgan fingerprint density at radius 3 is 2.38 bits per heavy atom. The predicted molar refractivity (Wildman–Crippen MR) is 86.9 cm³/mol. The van der Waals surface area contributed by atoms with Crippen LogP contribution in [0.3, 0.4) is 0 Å². The summed E-state index contributed by atoms with van der Waals surface area (Å²) < 4.78 is 26.8. The molecule has 5 nitrogen and oxygen atoms in total. The van der Waals surface area contributed by atoms with E-state index in [-0.39, 0.29) is 0 Å². The fourth-order valence-corrected chi connectivity index (χ4v) is 3.45. The molecule has 6 heteroatoms. The molecule has 0 saturated carbocycles. The fraction of sp³-hybridized carbons (Fsp3) is 0.600. The van der Waals surface area contributed by atoms with Crippen molar-refractivity contribution in [1.82, 2.24) is 14.5 Å². The number of rotatable bonds is 8. The summed E-state index contributed by atoms with van der Waals surface area (Å²) in [6.07, 6.45) is 0. The molecule has 0 aromatic heterocycles. The summed E-state index contributed by atoms with van der Waals surface area (Å²) in [6.45, 7) is 6.63. The number of hydrogen-bond acceptors (Lipinski definition) is 4. The lowest BCUT2D eigenvalue weighted by molar-refractivity contribution is 0.358. The Morgan fingerprint density at radius 1 is 1.14 bits per heavy atom. The average molecular weight is 313 g/mol. The lowest BCUT2D eigenvalue weighted by Crippen LogP contribution is -2.34. The van der Waals surface area contributed by atoms with Gasteiger partial charge < -0.3 is 10.2 Å². The molecule has 0 atom stereocenters. The normalized spacial score (nSPS) is 12.3. The minimum Gasteiger partial charge on any atom is -0.313 e. The van der Waals surface area contributed by atoms with E-state index in [0.717, 1.165) is 17.7 Å². The summed E-state index contributed by atoms with van der Waals surface area (Å²) in [7, 11) is 2.07. The molecule has 0 aliphatic heterocycles. The van der Waals surface area contributed by atoms with E-state index in [2.05, 4.69) is 5.32 Å². The highest BCUT2D eigenvalue weighted by molar-refractivity contribution is 7.89. The minimum absolute atomic E-state index is 0.402. The van der Waals surface area contributed by atoms with Crippen molar-refractivity contribution in [2.24, 2.45) is 0 Å². The molecule has 120 valence electrons. The van der Waals surface area contributed by atoms with Crippen LogP contribution in [0.15, 0.2) is 23.1 Å². The number of sulfonamides is 1. The van der Waals surface area contributed by atoms with Crippen LogP contribution < -0.4 is 5.32 Å². The van der Waals surface area contributed by atoms with Gasteiger partial charge in [0.25, 0.3) is 0 Å². The molecule has 0 spiro atoms. The van der Waals surface area contributed by atoms with E-state index in [1.807, 2.05) is 45.0 Å². The molecule has 0 unspecified atom stereocenters. The lowest BCUT2D eigenvalue weighted by atomic mass is 10.1. The van der Waals surface area contributed by atoms with Crippen LogP contribution in [0.25, 0.3) is 0 Å². The monoisotopic (exact) mass is 313 g/mol. The van der Waals surface area contributed by atoms with Crippen molar-refractivity contribution in [1.29, 1.82) is 0 Å². The maximum atomic E-state index is 12.7. The molecule has 0 aliphatic rings. The summed E-state index contributed by atoms with van der Waals surface area (Å²) in [5.74, 6) is 0. The predicted octanol–water partition coefficient (Wildman–Crippen LogP) is 1.29. The molecule has 1 aromatic rings. The highest BCUT2D eigenvalue weighted by Crippen LogP contribution is 2.21. The van der Waals surface area contributed by atoms with Crippen LogP contribution in [0.4, 0.5) is 0 Å². The minimum atomic E-state index is -3.43. The second-order valence-electron chi connectivity index (χ2n) is 5.45. The van der Waals surface area contributed by atoms with Crippen molar-refractivity contribution in [2.75, 3.05) is 40.8 Å². The SMILES string of the molecule is CCNCc1cccc(S(=O)(=O)N(C)CCN(C)C)c1C. The molecule has 1 N–H and O–H groups in total. The van der Waals surface area contributed by atoms with Crippen LogP contribution in [-0.2, 0) is 16.6 Å². The molecule has 0 saturated heterocycles. The first-order valence-electron chi connectivity index (χ1n) is 7.21. The largest absolute Gasteiger partial charge is 0.313 e. The van der Waals surface area contributed by atoms with Crippen LogP contribution in [0, 0.1) is 6.92 Å². The summed E-state index contributed by atoms with van der Waals surface area (Å²) in [6, 6.07) is 5.47. The molecule has 0 fully saturated rings. The Kier molecular flexibility index (Phi) is 6.80. The van der Waals surface area contributed by atoms with Gasteiger partial charge in [-0.1, -0.05) is 19.1 Å². The van der Waals surface area contributed by atoms with E-state index in [1.165, 1.54) is 4.31 Å². The zero-order valence-electron chi connectivity index (χ0n) is 13.7. The first-order chi connectivity index (χ1) is 9.80. The quantitative estimate of drug-likeness (QED) is 0.786. The van der Waals surface area contributed by atoms with Gasteiger partial charge in [-0.25, -0.2) is 8.42 Å². The highest BCUT2D eigenvalue weighted by Gasteiger charge is 2.23. The van der Waals surface area contributed by atoms with E-state index in [9.17, 15) is 8.42 Å². The molecule has 1 rings (SSSR count). The number of hydrogen-bond donors (Lipinski definition) is 1. The van der Waals surface area contributed by atoms with Gasteiger partial charge in [-0.15, -0.1) is 0 Å². The maximum Gasteiger partial charge on any atom is 0.243 e. The van der Waals surface area contributed by atoms with Gasteiger partial charge >= 0.3 is 0 Å². The zero-order chi connectivity index (χ0) is 16.0. The zero-order valence-corrected chi connectivity index (χ0v) is 14.5. The second kappa shape index (κ2) is 7.89. The van der Waals surface area contributed by atoms with Crippen LogP contribution in [0.1, 0.15) is 18.1 Å². The number of nitrogens with one attached hydrogen (secondary N) is 1. The Labute approximate surface area is 129 Å². The molecule has 1 aromatic carbocycles. The Hall–Kier alpha value is -0.950. The van der Waals surface area contributed by atoms with E-state index in [0.29, 0.717) is 24.5 Å². The second-order valence-corrected chi connectivity index (χ2v) is 7.46. The number of benzene rings is 1. The third kappa shape index (κ3) is 4.78. The van der Waals surface area contributed by atoms with Crippen molar-refractivity contribution in [3.63, 3.8) is 0 Å². The Morgan fingerprint density at radius 2 is 1.81 bits per heavy atom. The van der Waals surface area contributed by atoms with E-state index in [1.54, 1.807) is 13.1 Å². The molecular formula is C15H27N3O2S. The molecule has 0 heterocycles. The van der Waals surface area contributed by atoms with Crippen molar-refractivity contribution < 1.29 is 8.42 Å². The van der Waals surface area contributed by atoms with Gasteiger partial charge in [0.1, 0.15) is 0 Å². The highest BCUT2D eigenvalue weighted by atomic mass is 32.2. The van der Waals surface area contributed by atoms with Crippen LogP contribution >= 0.6 is 0 Å². The Bertz CT molecular complexity index is 556. The van der Waals surface area contributed by atoms with Crippen molar-refractivity contribution in [3.8, 4) is 0 Å². The average Bonchev–Trinajstić information content (AvgIpc) is 2.43. The molecular weight excluding hydrogens is 286 g/mol. The summed E-state index contributed by atoms with van der Waals surface area (Å²) in [5.41, 5.74) is 1.86. The van der Waals surface area contributed by atoms with Gasteiger partial charge in [0.15, 0.2) is 0 Å². The number of nitrogens with zero attached hydrogens (tertiary/aromatic N) is 2. The molecule has 0 radical (unpaired) electrons. The first-order valence-corrected chi connectivity index (χ1v) is 8.65. The van der Waals surface area contributed by atoms with Gasteiger partial charge in [0, 0.05) is 26.7 Å². The maximum absolute atomic E-state index is 12.7. The van der Waals surface area contributed by atoms with E-state index in [4.69, 9.17) is 0 Å². The fourth-order valence-electron chi connectivity index (χ4n) is 2.02. The van der Waals surface area contributed by atoms with Crippen LogP contribution in [-0.4, -0.2) is 58.4 Å². The molecule has 0 bridgehead atoms. The van der Waals surface area contributed by atoms with E-state index < -0.39 is 10.0 Å². The standard InChI is InChI=1S/C15H27N3O2S/c1-6-16-12-14-8-7-9-15(13(14)2)21(19,20)18(5)11-10-17(3)4/h7-9,16H,6,10-12H2,1-5H3. The third-order valence-electron chi connectivity index (χ3n) is 3.51. The van der Waals surface area contributed by atoms with Crippen molar-refractivity contribution >= 4 is 10.0 Å². The van der Waals surface area contributed by atoms with Crippen LogP contribution in [0.2, 0.25) is 0 Å². The van der Waals surface area contributed by atoms with Gasteiger partial charge in [0.2, 0.25) is 10.0 Å². The van der Waals surface area contributed by atoms with Gasteiger partial charge in [0.05, 0.1) is 4.90 Å². The first kappa shape index (κ1) is 18.1. The lowest BCUT2D eigenvalue weighted by Gasteiger charge is -2.21. The smallest absolute Gasteiger partial charge is 0.243 e. The topological polar surface area (TPSA) is 52.7 Å². The van der Waals surface area contributed by atoms with Gasteiger partial charge in [-0.2, -0.15) is 4.31 Å². The summed E-state index contributed by atoms with van der Waals surface area (Å²) in [4.78, 5) is 2.37. The van der Waals surface area contributed by atoms with Crippen molar-refractivity contribution in [3.05, 3.63) is 29.3 Å². The summed E-state index contributed by atoms with van der Waals surface area (Å²) >= 11 is 0. The summed E-state index contributed by atoms with van der Waals surface area (Å²) in [5, 5.41) is 3.24. The molecule has 21 heavy (non-hydrogen) atoms. The van der Waals surface area contributed by atoms with Crippen LogP contribution in [0.5, 0.6) is 0 Å².